The predicted octanol–water partition coefficient (Wildman–Crippen LogP) is 2.30. The summed E-state index contributed by atoms with van der Waals surface area (Å²) in [7, 11) is 0. The number of rotatable bonds is 3. The second-order valence-electron chi connectivity index (χ2n) is 4.82. The molecule has 0 spiro atoms. The molecular weight excluding hydrogens is 313 g/mol. The lowest BCUT2D eigenvalue weighted by molar-refractivity contribution is -0.0173. The molecule has 0 saturated carbocycles. The zero-order valence-corrected chi connectivity index (χ0v) is 11.7. The van der Waals surface area contributed by atoms with Crippen LogP contribution in [0, 0.1) is 17.5 Å². The number of halogens is 3. The van der Waals surface area contributed by atoms with Gasteiger partial charge in [-0.15, -0.1) is 0 Å². The number of carbonyl (C=O) groups excluding carboxylic acids is 1. The van der Waals surface area contributed by atoms with Gasteiger partial charge in [0.2, 0.25) is 0 Å². The zero-order valence-electron chi connectivity index (χ0n) is 11.7. The van der Waals surface area contributed by atoms with Gasteiger partial charge in [0.1, 0.15) is 17.1 Å². The average molecular weight is 324 g/mol. The fourth-order valence-electron chi connectivity index (χ4n) is 2.28. The molecule has 0 radical (unpaired) electrons. The highest BCUT2D eigenvalue weighted by molar-refractivity contribution is 5.94. The molecule has 1 aliphatic rings. The molecule has 1 N–H and O–H groups in total. The summed E-state index contributed by atoms with van der Waals surface area (Å²) in [6.45, 7) is 0.0367. The van der Waals surface area contributed by atoms with Gasteiger partial charge in [0, 0.05) is 17.7 Å². The highest BCUT2D eigenvalue weighted by Crippen LogP contribution is 2.29. The van der Waals surface area contributed by atoms with Crippen LogP contribution in [0.5, 0.6) is 5.75 Å². The summed E-state index contributed by atoms with van der Waals surface area (Å²) in [5.41, 5.74) is 0.114. The maximum atomic E-state index is 13.6. The third kappa shape index (κ3) is 3.11. The van der Waals surface area contributed by atoms with Crippen molar-refractivity contribution in [3.63, 3.8) is 0 Å². The Kier molecular flexibility index (Phi) is 4.16. The molecule has 8 heteroatoms. The Labute approximate surface area is 129 Å². The Hall–Kier alpha value is -2.61. The van der Waals surface area contributed by atoms with Gasteiger partial charge in [-0.2, -0.15) is 0 Å². The minimum absolute atomic E-state index is 0.00713. The predicted molar refractivity (Wildman–Crippen MR) is 72.0 cm³/mol. The van der Waals surface area contributed by atoms with Gasteiger partial charge in [-0.1, -0.05) is 0 Å². The van der Waals surface area contributed by atoms with Gasteiger partial charge in [0.05, 0.1) is 19.0 Å². The number of hydrogen-bond donors (Lipinski definition) is 1. The van der Waals surface area contributed by atoms with E-state index in [0.29, 0.717) is 16.9 Å². The molecule has 0 atom stereocenters. The van der Waals surface area contributed by atoms with Crippen LogP contribution in [0.1, 0.15) is 21.5 Å². The van der Waals surface area contributed by atoms with E-state index in [4.69, 9.17) is 9.47 Å². The molecule has 0 bridgehead atoms. The molecule has 0 saturated heterocycles. The summed E-state index contributed by atoms with van der Waals surface area (Å²) >= 11 is 0. The molecular formula is C15H11F3N2O3. The largest absolute Gasteiger partial charge is 0.467 e. The van der Waals surface area contributed by atoms with Crippen LogP contribution in [0.2, 0.25) is 0 Å². The first-order chi connectivity index (χ1) is 11.1. The monoisotopic (exact) mass is 324 g/mol. The molecule has 120 valence electrons. The van der Waals surface area contributed by atoms with Crippen molar-refractivity contribution in [3.05, 3.63) is 58.7 Å². The lowest BCUT2D eigenvalue weighted by Gasteiger charge is -2.21. The van der Waals surface area contributed by atoms with E-state index in [0.717, 1.165) is 12.4 Å². The summed E-state index contributed by atoms with van der Waals surface area (Å²) < 4.78 is 50.9. The summed E-state index contributed by atoms with van der Waals surface area (Å²) in [6.07, 6.45) is 1.48. The van der Waals surface area contributed by atoms with Gasteiger partial charge in [-0.05, 0) is 12.1 Å². The number of amides is 1. The number of fused-ring (bicyclic) bond motifs is 1. The molecule has 23 heavy (non-hydrogen) atoms. The van der Waals surface area contributed by atoms with Crippen LogP contribution in [-0.2, 0) is 17.9 Å². The first-order valence-corrected chi connectivity index (χ1v) is 6.65. The van der Waals surface area contributed by atoms with Crippen molar-refractivity contribution in [3.8, 4) is 5.75 Å². The Morgan fingerprint density at radius 2 is 1.96 bits per heavy atom. The highest BCUT2D eigenvalue weighted by atomic mass is 19.1. The molecule has 0 aliphatic carbocycles. The SMILES string of the molecule is O=C(NCc1cc(F)cc2c1OCOC2)c1c(F)cncc1F. The van der Waals surface area contributed by atoms with Crippen LogP contribution in [0.25, 0.3) is 0 Å². The highest BCUT2D eigenvalue weighted by Gasteiger charge is 2.20. The van der Waals surface area contributed by atoms with E-state index in [1.54, 1.807) is 0 Å². The molecule has 3 rings (SSSR count). The van der Waals surface area contributed by atoms with Gasteiger partial charge in [0.25, 0.3) is 5.91 Å². The number of carbonyl (C=O) groups is 1. The summed E-state index contributed by atoms with van der Waals surface area (Å²) in [5, 5.41) is 2.34. The summed E-state index contributed by atoms with van der Waals surface area (Å²) in [6, 6.07) is 2.45. The maximum absolute atomic E-state index is 13.6. The van der Waals surface area contributed by atoms with E-state index in [9.17, 15) is 18.0 Å². The summed E-state index contributed by atoms with van der Waals surface area (Å²) in [4.78, 5) is 15.2. The number of ether oxygens (including phenoxy) is 2. The molecule has 0 unspecified atom stereocenters. The number of nitrogens with zero attached hydrogens (tertiary/aromatic N) is 1. The first kappa shape index (κ1) is 15.3. The smallest absolute Gasteiger partial charge is 0.257 e. The van der Waals surface area contributed by atoms with Crippen molar-refractivity contribution in [1.82, 2.24) is 10.3 Å². The van der Waals surface area contributed by atoms with Crippen LogP contribution in [0.3, 0.4) is 0 Å². The Morgan fingerprint density at radius 1 is 1.22 bits per heavy atom. The molecule has 2 aromatic rings. The minimum atomic E-state index is -1.08. The van der Waals surface area contributed by atoms with Gasteiger partial charge in [0.15, 0.2) is 18.4 Å². The summed E-state index contributed by atoms with van der Waals surface area (Å²) in [5.74, 6) is -3.24. The third-order valence-electron chi connectivity index (χ3n) is 3.27. The maximum Gasteiger partial charge on any atom is 0.257 e. The molecule has 2 heterocycles. The van der Waals surface area contributed by atoms with Gasteiger partial charge >= 0.3 is 0 Å². The Balaban J connectivity index is 1.81. The van der Waals surface area contributed by atoms with Crippen molar-refractivity contribution in [2.45, 2.75) is 13.2 Å². The lowest BCUT2D eigenvalue weighted by atomic mass is 10.1. The molecule has 0 fully saturated rings. The van der Waals surface area contributed by atoms with E-state index in [-0.39, 0.29) is 19.9 Å². The van der Waals surface area contributed by atoms with Crippen molar-refractivity contribution < 1.29 is 27.4 Å². The van der Waals surface area contributed by atoms with Crippen molar-refractivity contribution >= 4 is 5.91 Å². The Bertz CT molecular complexity index is 748. The van der Waals surface area contributed by atoms with Gasteiger partial charge in [-0.25, -0.2) is 13.2 Å². The van der Waals surface area contributed by atoms with E-state index in [1.165, 1.54) is 12.1 Å². The molecule has 1 aliphatic heterocycles. The third-order valence-corrected chi connectivity index (χ3v) is 3.27. The molecule has 1 aromatic carbocycles. The second kappa shape index (κ2) is 6.25. The fourth-order valence-corrected chi connectivity index (χ4v) is 2.28. The number of hydrogen-bond acceptors (Lipinski definition) is 4. The van der Waals surface area contributed by atoms with Crippen molar-refractivity contribution in [1.29, 1.82) is 0 Å². The second-order valence-corrected chi connectivity index (χ2v) is 4.82. The van der Waals surface area contributed by atoms with Gasteiger partial charge in [-0.3, -0.25) is 9.78 Å². The van der Waals surface area contributed by atoms with Crippen molar-refractivity contribution in [2.24, 2.45) is 0 Å². The van der Waals surface area contributed by atoms with E-state index < -0.39 is 28.9 Å². The standard InChI is InChI=1S/C15H11F3N2O3/c16-10-1-8(14-9(2-10)6-22-7-23-14)3-20-15(21)13-11(17)4-19-5-12(13)18/h1-2,4-5H,3,6-7H2,(H,20,21). The number of nitrogens with one attached hydrogen (secondary N) is 1. The van der Waals surface area contributed by atoms with Gasteiger partial charge < -0.3 is 14.8 Å². The van der Waals surface area contributed by atoms with E-state index in [2.05, 4.69) is 10.3 Å². The zero-order chi connectivity index (χ0) is 16.4. The molecule has 5 nitrogen and oxygen atoms in total. The van der Waals surface area contributed by atoms with E-state index in [1.807, 2.05) is 0 Å². The lowest BCUT2D eigenvalue weighted by Crippen LogP contribution is -2.26. The molecule has 1 aromatic heterocycles. The molecule has 1 amide bonds. The van der Waals surface area contributed by atoms with Crippen molar-refractivity contribution in [2.75, 3.05) is 6.79 Å². The quantitative estimate of drug-likeness (QED) is 0.941. The van der Waals surface area contributed by atoms with Crippen LogP contribution in [0.15, 0.2) is 24.5 Å². The number of aromatic nitrogens is 1. The van der Waals surface area contributed by atoms with Crippen LogP contribution < -0.4 is 10.1 Å². The number of pyridine rings is 1. The minimum Gasteiger partial charge on any atom is -0.467 e. The van der Waals surface area contributed by atoms with Crippen LogP contribution in [-0.4, -0.2) is 17.7 Å². The van der Waals surface area contributed by atoms with Crippen LogP contribution in [0.4, 0.5) is 13.2 Å². The van der Waals surface area contributed by atoms with Crippen LogP contribution >= 0.6 is 0 Å². The number of benzene rings is 1. The fraction of sp³-hybridized carbons (Fsp3) is 0.200. The topological polar surface area (TPSA) is 60.5 Å². The first-order valence-electron chi connectivity index (χ1n) is 6.65. The van der Waals surface area contributed by atoms with E-state index >= 15 is 0 Å². The Morgan fingerprint density at radius 3 is 2.70 bits per heavy atom. The average Bonchev–Trinajstić information content (AvgIpc) is 2.52. The normalized spacial score (nSPS) is 13.2.